The minimum atomic E-state index is -0.542. The molecule has 4 aromatic rings. The van der Waals surface area contributed by atoms with E-state index in [0.717, 1.165) is 37.6 Å². The van der Waals surface area contributed by atoms with Gasteiger partial charge >= 0.3 is 0 Å². The van der Waals surface area contributed by atoms with E-state index in [9.17, 15) is 4.79 Å². The highest BCUT2D eigenvalue weighted by Crippen LogP contribution is 2.33. The van der Waals surface area contributed by atoms with E-state index in [4.69, 9.17) is 4.74 Å². The number of aromatic nitrogens is 4. The number of aryl methyl sites for hydroxylation is 1. The number of carbonyl (C=O) groups is 1. The summed E-state index contributed by atoms with van der Waals surface area (Å²) in [5.41, 5.74) is 2.58. The molecule has 1 aliphatic rings. The summed E-state index contributed by atoms with van der Waals surface area (Å²) in [6, 6.07) is 8.75. The normalized spacial score (nSPS) is 14.1. The Hall–Kier alpha value is -4.25. The van der Waals surface area contributed by atoms with Gasteiger partial charge in [0.15, 0.2) is 17.4 Å². The molecule has 0 aliphatic carbocycles. The number of hydrogen-bond acceptors (Lipinski definition) is 8. The number of likely N-dealkylation sites (N-methyl/N-ethyl adjacent to an activating group) is 1. The fourth-order valence-corrected chi connectivity index (χ4v) is 4.26. The lowest BCUT2D eigenvalue weighted by molar-refractivity contribution is 0.0825. The first kappa shape index (κ1) is 24.4. The van der Waals surface area contributed by atoms with Gasteiger partial charge in [0.25, 0.3) is 5.91 Å². The number of H-pyrrole nitrogens is 1. The highest BCUT2D eigenvalue weighted by atomic mass is 19.1. The molecule has 0 bridgehead atoms. The standard InChI is InChI=1S/C26H29FN8O2/c1-16-13-18-19(31-16)6-7-20(23(18)27)37-25-22(26(36)33(2)3)24(29-15-30-25)32-21-8-5-17(14-28-21)35-11-9-34(4)10-12-35/h5-8,13-15,31H,9-12H2,1-4H3,(H,28,29,30,32). The third-order valence-electron chi connectivity index (χ3n) is 6.34. The van der Waals surface area contributed by atoms with Crippen molar-refractivity contribution < 1.29 is 13.9 Å². The second-order valence-corrected chi connectivity index (χ2v) is 9.31. The molecule has 2 N–H and O–H groups in total. The minimum Gasteiger partial charge on any atom is -0.435 e. The lowest BCUT2D eigenvalue weighted by atomic mass is 10.2. The van der Waals surface area contributed by atoms with Gasteiger partial charge in [0.05, 0.1) is 11.9 Å². The number of benzene rings is 1. The predicted octanol–water partition coefficient (Wildman–Crippen LogP) is 3.79. The minimum absolute atomic E-state index is 0.0430. The molecule has 11 heteroatoms. The molecular formula is C26H29FN8O2. The largest absolute Gasteiger partial charge is 0.435 e. The number of carbonyl (C=O) groups excluding carboxylic acids is 1. The van der Waals surface area contributed by atoms with Crippen molar-refractivity contribution in [3.8, 4) is 11.6 Å². The van der Waals surface area contributed by atoms with Crippen LogP contribution in [0.25, 0.3) is 10.9 Å². The summed E-state index contributed by atoms with van der Waals surface area (Å²) in [5.74, 6) is -0.326. The van der Waals surface area contributed by atoms with Crippen molar-refractivity contribution in [3.05, 3.63) is 59.9 Å². The number of hydrogen-bond donors (Lipinski definition) is 2. The molecule has 1 fully saturated rings. The van der Waals surface area contributed by atoms with Crippen LogP contribution in [0.2, 0.25) is 0 Å². The molecule has 0 atom stereocenters. The van der Waals surface area contributed by atoms with Crippen LogP contribution in [0.1, 0.15) is 16.1 Å². The zero-order valence-corrected chi connectivity index (χ0v) is 21.2. The van der Waals surface area contributed by atoms with Crippen LogP contribution in [0.3, 0.4) is 0 Å². The van der Waals surface area contributed by atoms with Gasteiger partial charge in [-0.2, -0.15) is 0 Å². The molecule has 1 aliphatic heterocycles. The van der Waals surface area contributed by atoms with Gasteiger partial charge in [-0.1, -0.05) is 0 Å². The van der Waals surface area contributed by atoms with Crippen molar-refractivity contribution in [2.45, 2.75) is 6.92 Å². The van der Waals surface area contributed by atoms with E-state index < -0.39 is 11.7 Å². The topological polar surface area (TPSA) is 103 Å². The van der Waals surface area contributed by atoms with Gasteiger partial charge in [-0.25, -0.2) is 19.3 Å². The average Bonchev–Trinajstić information content (AvgIpc) is 3.28. The van der Waals surface area contributed by atoms with Crippen molar-refractivity contribution in [1.82, 2.24) is 29.7 Å². The third-order valence-corrected chi connectivity index (χ3v) is 6.34. The molecule has 4 heterocycles. The summed E-state index contributed by atoms with van der Waals surface area (Å²) >= 11 is 0. The summed E-state index contributed by atoms with van der Waals surface area (Å²) in [5, 5.41) is 3.50. The zero-order valence-electron chi connectivity index (χ0n) is 21.2. The summed E-state index contributed by atoms with van der Waals surface area (Å²) in [7, 11) is 5.34. The van der Waals surface area contributed by atoms with Crippen LogP contribution in [0, 0.1) is 12.7 Å². The maximum absolute atomic E-state index is 15.2. The fourth-order valence-electron chi connectivity index (χ4n) is 4.26. The maximum Gasteiger partial charge on any atom is 0.262 e. The Kier molecular flexibility index (Phi) is 6.62. The van der Waals surface area contributed by atoms with E-state index in [1.54, 1.807) is 32.4 Å². The van der Waals surface area contributed by atoms with Crippen LogP contribution >= 0.6 is 0 Å². The quantitative estimate of drug-likeness (QED) is 0.409. The van der Waals surface area contributed by atoms with E-state index in [-0.39, 0.29) is 23.0 Å². The molecule has 37 heavy (non-hydrogen) atoms. The number of amides is 1. The molecule has 192 valence electrons. The van der Waals surface area contributed by atoms with Crippen molar-refractivity contribution >= 4 is 34.1 Å². The van der Waals surface area contributed by atoms with Crippen molar-refractivity contribution in [2.75, 3.05) is 57.5 Å². The van der Waals surface area contributed by atoms with Gasteiger partial charge in [0.2, 0.25) is 5.88 Å². The van der Waals surface area contributed by atoms with Gasteiger partial charge in [0.1, 0.15) is 17.7 Å². The van der Waals surface area contributed by atoms with Crippen LogP contribution in [-0.2, 0) is 0 Å². The number of ether oxygens (including phenoxy) is 1. The van der Waals surface area contributed by atoms with Gasteiger partial charge in [-0.15, -0.1) is 0 Å². The Bertz CT molecular complexity index is 1430. The Balaban J connectivity index is 1.44. The third kappa shape index (κ3) is 5.03. The molecule has 10 nitrogen and oxygen atoms in total. The van der Waals surface area contributed by atoms with Gasteiger partial charge in [-0.3, -0.25) is 4.79 Å². The number of piperazine rings is 1. The highest BCUT2D eigenvalue weighted by Gasteiger charge is 2.24. The molecule has 0 radical (unpaired) electrons. The Morgan fingerprint density at radius 2 is 1.89 bits per heavy atom. The maximum atomic E-state index is 15.2. The van der Waals surface area contributed by atoms with E-state index in [1.807, 2.05) is 19.1 Å². The van der Waals surface area contributed by atoms with E-state index in [2.05, 4.69) is 42.1 Å². The molecule has 3 aromatic heterocycles. The second kappa shape index (κ2) is 10.0. The first-order chi connectivity index (χ1) is 17.8. The SMILES string of the molecule is Cc1cc2c(F)c(Oc3ncnc(Nc4ccc(N5CCN(C)CC5)cn4)c3C(=O)N(C)C)ccc2[nH]1. The molecule has 1 saturated heterocycles. The molecule has 5 rings (SSSR count). The lowest BCUT2D eigenvalue weighted by Crippen LogP contribution is -2.44. The Labute approximate surface area is 214 Å². The first-order valence-electron chi connectivity index (χ1n) is 12.0. The van der Waals surface area contributed by atoms with Crippen molar-refractivity contribution in [2.24, 2.45) is 0 Å². The van der Waals surface area contributed by atoms with Gasteiger partial charge in [0, 0.05) is 56.9 Å². The van der Waals surface area contributed by atoms with E-state index in [1.165, 1.54) is 17.3 Å². The number of anilines is 3. The zero-order chi connectivity index (χ0) is 26.1. The summed E-state index contributed by atoms with van der Waals surface area (Å²) < 4.78 is 21.1. The second-order valence-electron chi connectivity index (χ2n) is 9.31. The predicted molar refractivity (Wildman–Crippen MR) is 140 cm³/mol. The van der Waals surface area contributed by atoms with Crippen LogP contribution in [0.4, 0.5) is 21.7 Å². The van der Waals surface area contributed by atoms with Crippen molar-refractivity contribution in [3.63, 3.8) is 0 Å². The first-order valence-corrected chi connectivity index (χ1v) is 12.0. The van der Waals surface area contributed by atoms with E-state index in [0.29, 0.717) is 16.7 Å². The van der Waals surface area contributed by atoms with Gasteiger partial charge < -0.3 is 29.7 Å². The lowest BCUT2D eigenvalue weighted by Gasteiger charge is -2.33. The van der Waals surface area contributed by atoms with Crippen LogP contribution < -0.4 is 15.0 Å². The number of aromatic amines is 1. The van der Waals surface area contributed by atoms with Crippen LogP contribution in [0.15, 0.2) is 42.9 Å². The fraction of sp³-hybridized carbons (Fsp3) is 0.308. The average molecular weight is 505 g/mol. The van der Waals surface area contributed by atoms with E-state index >= 15 is 4.39 Å². The molecule has 0 spiro atoms. The summed E-state index contributed by atoms with van der Waals surface area (Å²) in [6.07, 6.45) is 3.06. The monoisotopic (exact) mass is 504 g/mol. The molecule has 0 unspecified atom stereocenters. The summed E-state index contributed by atoms with van der Waals surface area (Å²) in [6.45, 7) is 5.71. The van der Waals surface area contributed by atoms with Crippen molar-refractivity contribution in [1.29, 1.82) is 0 Å². The van der Waals surface area contributed by atoms with Crippen LogP contribution in [0.5, 0.6) is 11.6 Å². The Morgan fingerprint density at radius 1 is 1.11 bits per heavy atom. The number of nitrogens with one attached hydrogen (secondary N) is 2. The number of fused-ring (bicyclic) bond motifs is 1. The number of nitrogens with zero attached hydrogens (tertiary/aromatic N) is 6. The Morgan fingerprint density at radius 3 is 2.59 bits per heavy atom. The highest BCUT2D eigenvalue weighted by molar-refractivity contribution is 6.01. The molecular weight excluding hydrogens is 475 g/mol. The molecule has 1 amide bonds. The number of halogens is 1. The molecule has 1 aromatic carbocycles. The number of rotatable bonds is 6. The molecule has 0 saturated carbocycles. The smallest absolute Gasteiger partial charge is 0.262 e. The summed E-state index contributed by atoms with van der Waals surface area (Å²) in [4.78, 5) is 35.2. The van der Waals surface area contributed by atoms with Gasteiger partial charge in [-0.05, 0) is 44.3 Å². The number of pyridine rings is 1. The van der Waals surface area contributed by atoms with Crippen LogP contribution in [-0.4, -0.2) is 83.0 Å².